The van der Waals surface area contributed by atoms with Gasteiger partial charge in [0.2, 0.25) is 0 Å². The van der Waals surface area contributed by atoms with Gasteiger partial charge in [-0.25, -0.2) is 4.68 Å². The average molecular weight is 370 g/mol. The molecule has 2 saturated heterocycles. The average Bonchev–Trinajstić information content (AvgIpc) is 3.42. The van der Waals surface area contributed by atoms with E-state index in [0.29, 0.717) is 24.5 Å². The highest BCUT2D eigenvalue weighted by molar-refractivity contribution is 5.92. The number of hydrogen-bond acceptors (Lipinski definition) is 4. The van der Waals surface area contributed by atoms with Crippen LogP contribution in [0.15, 0.2) is 41.2 Å². The van der Waals surface area contributed by atoms with E-state index in [-0.39, 0.29) is 29.9 Å². The Kier molecular flexibility index (Phi) is 5.13. The number of hydrogen-bond donors (Lipinski definition) is 2. The van der Waals surface area contributed by atoms with Crippen molar-refractivity contribution in [1.82, 2.24) is 19.6 Å². The van der Waals surface area contributed by atoms with Gasteiger partial charge in [-0.05, 0) is 44.0 Å². The predicted molar refractivity (Wildman–Crippen MR) is 102 cm³/mol. The molecule has 2 aromatic rings. The van der Waals surface area contributed by atoms with Crippen LogP contribution in [-0.4, -0.2) is 69.9 Å². The van der Waals surface area contributed by atoms with Gasteiger partial charge in [0.05, 0.1) is 5.69 Å². The smallest absolute Gasteiger partial charge is 0.271 e. The number of rotatable bonds is 5. The number of carbonyl (C=O) groups excluding carboxylic acids is 1. The number of carbonyl (C=O) groups is 1. The van der Waals surface area contributed by atoms with Crippen LogP contribution in [0.1, 0.15) is 23.3 Å². The third-order valence-corrected chi connectivity index (χ3v) is 5.75. The van der Waals surface area contributed by atoms with Crippen LogP contribution in [0, 0.1) is 11.8 Å². The molecule has 1 aromatic carbocycles. The number of aliphatic hydroxyl groups is 1. The number of amides is 1. The van der Waals surface area contributed by atoms with E-state index in [4.69, 9.17) is 0 Å². The number of nitrogens with zero attached hydrogens (tertiary/aromatic N) is 3. The Hall–Kier alpha value is -2.38. The maximum atomic E-state index is 12.9. The van der Waals surface area contributed by atoms with Crippen molar-refractivity contribution in [3.8, 4) is 5.69 Å². The molecule has 27 heavy (non-hydrogen) atoms. The molecule has 1 amide bonds. The topological polar surface area (TPSA) is 81.6 Å². The van der Waals surface area contributed by atoms with Crippen LogP contribution in [0.2, 0.25) is 0 Å². The van der Waals surface area contributed by atoms with Crippen molar-refractivity contribution in [3.63, 3.8) is 0 Å². The number of H-pyrrole nitrogens is 1. The van der Waals surface area contributed by atoms with Gasteiger partial charge >= 0.3 is 0 Å². The molecule has 1 aromatic heterocycles. The molecule has 0 spiro atoms. The summed E-state index contributed by atoms with van der Waals surface area (Å²) in [6.07, 6.45) is 2.46. The summed E-state index contributed by atoms with van der Waals surface area (Å²) in [5, 5.41) is 12.7. The summed E-state index contributed by atoms with van der Waals surface area (Å²) in [7, 11) is 0. The molecule has 3 heterocycles. The van der Waals surface area contributed by atoms with Gasteiger partial charge in [-0.2, -0.15) is 0 Å². The minimum Gasteiger partial charge on any atom is -0.396 e. The monoisotopic (exact) mass is 370 g/mol. The molecule has 2 aliphatic rings. The molecule has 0 unspecified atom stereocenters. The molecule has 144 valence electrons. The highest BCUT2D eigenvalue weighted by Crippen LogP contribution is 2.26. The largest absolute Gasteiger partial charge is 0.396 e. The van der Waals surface area contributed by atoms with Gasteiger partial charge in [0.15, 0.2) is 0 Å². The Morgan fingerprint density at radius 2 is 1.81 bits per heavy atom. The van der Waals surface area contributed by atoms with Crippen molar-refractivity contribution in [2.24, 2.45) is 11.8 Å². The molecule has 0 aliphatic carbocycles. The zero-order chi connectivity index (χ0) is 18.8. The van der Waals surface area contributed by atoms with Gasteiger partial charge in [0.25, 0.3) is 11.5 Å². The number of benzene rings is 1. The number of aliphatic hydroxyl groups excluding tert-OH is 1. The van der Waals surface area contributed by atoms with Crippen LogP contribution in [0.5, 0.6) is 0 Å². The SMILES string of the molecule is O=C(c1cc(=O)n(-c2ccccc2)[nH]1)N1C[C@@H](CO)[C@@H](CN2CCCC2)C1. The minimum atomic E-state index is -0.254. The maximum Gasteiger partial charge on any atom is 0.271 e. The van der Waals surface area contributed by atoms with Crippen LogP contribution in [-0.2, 0) is 0 Å². The number of likely N-dealkylation sites (tertiary alicyclic amines) is 2. The Bertz CT molecular complexity index is 838. The van der Waals surface area contributed by atoms with E-state index in [1.165, 1.54) is 23.6 Å². The molecular weight excluding hydrogens is 344 g/mol. The summed E-state index contributed by atoms with van der Waals surface area (Å²) in [6, 6.07) is 10.6. The van der Waals surface area contributed by atoms with Crippen molar-refractivity contribution in [1.29, 1.82) is 0 Å². The first kappa shape index (κ1) is 18.0. The van der Waals surface area contributed by atoms with Crippen molar-refractivity contribution < 1.29 is 9.90 Å². The fourth-order valence-electron chi connectivity index (χ4n) is 4.26. The molecule has 0 saturated carbocycles. The van der Waals surface area contributed by atoms with E-state index in [2.05, 4.69) is 10.00 Å². The Balaban J connectivity index is 1.49. The van der Waals surface area contributed by atoms with Gasteiger partial charge in [0, 0.05) is 38.2 Å². The van der Waals surface area contributed by atoms with Crippen molar-refractivity contribution in [2.75, 3.05) is 39.3 Å². The number of para-hydroxylation sites is 1. The first-order valence-electron chi connectivity index (χ1n) is 9.65. The van der Waals surface area contributed by atoms with Crippen molar-refractivity contribution >= 4 is 5.91 Å². The number of aromatic nitrogens is 2. The lowest BCUT2D eigenvalue weighted by molar-refractivity contribution is 0.0773. The fraction of sp³-hybridized carbons (Fsp3) is 0.500. The molecule has 7 heteroatoms. The summed E-state index contributed by atoms with van der Waals surface area (Å²) in [5.74, 6) is 0.196. The molecule has 4 rings (SSSR count). The maximum absolute atomic E-state index is 12.9. The summed E-state index contributed by atoms with van der Waals surface area (Å²) in [4.78, 5) is 29.4. The van der Waals surface area contributed by atoms with Gasteiger partial charge in [0.1, 0.15) is 5.69 Å². The second-order valence-electron chi connectivity index (χ2n) is 7.60. The predicted octanol–water partition coefficient (Wildman–Crippen LogP) is 0.942. The first-order chi connectivity index (χ1) is 13.2. The van der Waals surface area contributed by atoms with E-state index < -0.39 is 0 Å². The molecule has 0 radical (unpaired) electrons. The molecule has 0 bridgehead atoms. The third-order valence-electron chi connectivity index (χ3n) is 5.75. The van der Waals surface area contributed by atoms with Gasteiger partial charge < -0.3 is 14.9 Å². The second-order valence-corrected chi connectivity index (χ2v) is 7.60. The van der Waals surface area contributed by atoms with Gasteiger partial charge in [-0.3, -0.25) is 14.7 Å². The lowest BCUT2D eigenvalue weighted by Gasteiger charge is -2.22. The first-order valence-corrected chi connectivity index (χ1v) is 9.65. The van der Waals surface area contributed by atoms with E-state index in [9.17, 15) is 14.7 Å². The van der Waals surface area contributed by atoms with E-state index in [1.807, 2.05) is 30.3 Å². The van der Waals surface area contributed by atoms with E-state index in [0.717, 1.165) is 19.6 Å². The molecular formula is C20H26N4O3. The van der Waals surface area contributed by atoms with Gasteiger partial charge in [-0.1, -0.05) is 18.2 Å². The lowest BCUT2D eigenvalue weighted by Crippen LogP contribution is -2.33. The van der Waals surface area contributed by atoms with Crippen molar-refractivity contribution in [3.05, 3.63) is 52.4 Å². The fourth-order valence-corrected chi connectivity index (χ4v) is 4.26. The highest BCUT2D eigenvalue weighted by Gasteiger charge is 2.37. The van der Waals surface area contributed by atoms with Crippen LogP contribution in [0.3, 0.4) is 0 Å². The lowest BCUT2D eigenvalue weighted by atomic mass is 9.96. The Labute approximate surface area is 158 Å². The van der Waals surface area contributed by atoms with Gasteiger partial charge in [-0.15, -0.1) is 0 Å². The van der Waals surface area contributed by atoms with Crippen LogP contribution >= 0.6 is 0 Å². The number of aromatic amines is 1. The molecule has 7 nitrogen and oxygen atoms in total. The number of nitrogens with one attached hydrogen (secondary N) is 1. The quantitative estimate of drug-likeness (QED) is 0.821. The zero-order valence-corrected chi connectivity index (χ0v) is 15.4. The van der Waals surface area contributed by atoms with Crippen LogP contribution in [0.25, 0.3) is 5.69 Å². The second kappa shape index (κ2) is 7.70. The molecule has 2 fully saturated rings. The summed E-state index contributed by atoms with van der Waals surface area (Å²) in [6.45, 7) is 4.39. The summed E-state index contributed by atoms with van der Waals surface area (Å²) in [5.41, 5.74) is 0.738. The zero-order valence-electron chi connectivity index (χ0n) is 15.4. The summed E-state index contributed by atoms with van der Waals surface area (Å²) >= 11 is 0. The minimum absolute atomic E-state index is 0.0871. The van der Waals surface area contributed by atoms with Crippen LogP contribution in [0.4, 0.5) is 0 Å². The van der Waals surface area contributed by atoms with Crippen molar-refractivity contribution in [2.45, 2.75) is 12.8 Å². The standard InChI is InChI=1S/C20H26N4O3/c25-14-16-13-23(12-15(16)11-22-8-4-5-9-22)20(27)18-10-19(26)24(21-18)17-6-2-1-3-7-17/h1-3,6-7,10,15-16,21,25H,4-5,8-9,11-14H2/t15-,16-/m0/s1. The molecule has 2 atom stereocenters. The molecule has 2 aliphatic heterocycles. The Morgan fingerprint density at radius 1 is 1.11 bits per heavy atom. The normalized spacial score (nSPS) is 23.2. The highest BCUT2D eigenvalue weighted by atomic mass is 16.3. The van der Waals surface area contributed by atoms with E-state index in [1.54, 1.807) is 4.90 Å². The van der Waals surface area contributed by atoms with E-state index >= 15 is 0 Å². The summed E-state index contributed by atoms with van der Waals surface area (Å²) < 4.78 is 1.38. The van der Waals surface area contributed by atoms with Crippen LogP contribution < -0.4 is 5.56 Å². The third kappa shape index (κ3) is 3.70. The Morgan fingerprint density at radius 3 is 2.52 bits per heavy atom. The molecule has 2 N–H and O–H groups in total.